The van der Waals surface area contributed by atoms with Gasteiger partial charge >= 0.3 is 12.2 Å². The Kier molecular flexibility index (Phi) is 16.9. The van der Waals surface area contributed by atoms with Crippen molar-refractivity contribution in [1.29, 1.82) is 0 Å². The summed E-state index contributed by atoms with van der Waals surface area (Å²) in [5, 5.41) is 5.37. The van der Waals surface area contributed by atoms with Crippen LogP contribution in [-0.2, 0) is 36.1 Å². The summed E-state index contributed by atoms with van der Waals surface area (Å²) in [6.07, 6.45) is 19.7. The van der Waals surface area contributed by atoms with E-state index in [1.165, 1.54) is 38.2 Å². The van der Waals surface area contributed by atoms with E-state index in [0.717, 1.165) is 72.7 Å². The van der Waals surface area contributed by atoms with Gasteiger partial charge in [-0.2, -0.15) is 0 Å². The molecule has 0 radical (unpaired) electrons. The normalized spacial score (nSPS) is 20.9. The van der Waals surface area contributed by atoms with Gasteiger partial charge < -0.3 is 39.9 Å². The summed E-state index contributed by atoms with van der Waals surface area (Å²) in [5.74, 6) is 2.31. The van der Waals surface area contributed by atoms with Crippen LogP contribution in [0.4, 0.5) is 9.59 Å². The third-order valence-electron chi connectivity index (χ3n) is 13.0. The number of methoxy groups -OCH3 is 2. The number of allylic oxidation sites excluding steroid dienone is 4. The molecule has 2 aliphatic heterocycles. The van der Waals surface area contributed by atoms with Crippen molar-refractivity contribution in [3.05, 3.63) is 108 Å². The second-order valence-corrected chi connectivity index (χ2v) is 17.9. The minimum Gasteiger partial charge on any atom is -0.453 e. The number of likely N-dealkylation sites (tertiary alicyclic amines) is 2. The second kappa shape index (κ2) is 22.5. The number of ether oxygens (including phenoxy) is 2. The quantitative estimate of drug-likeness (QED) is 0.0804. The average molecular weight is 929 g/mol. The molecular formula is C50H64FeN8O6. The average Bonchev–Trinajstić information content (AvgIpc) is 4.17. The van der Waals surface area contributed by atoms with Crippen LogP contribution in [0.3, 0.4) is 0 Å². The molecule has 2 unspecified atom stereocenters. The molecule has 2 fully saturated rings. The molecule has 0 bridgehead atoms. The second-order valence-electron chi connectivity index (χ2n) is 17.9. The van der Waals surface area contributed by atoms with Crippen molar-refractivity contribution in [2.24, 2.45) is 11.8 Å². The van der Waals surface area contributed by atoms with E-state index in [1.807, 2.05) is 49.9 Å². The minimum atomic E-state index is -0.630. The number of H-pyrrole nitrogens is 2. The summed E-state index contributed by atoms with van der Waals surface area (Å²) < 4.78 is 9.41. The van der Waals surface area contributed by atoms with Crippen LogP contribution >= 0.6 is 0 Å². The van der Waals surface area contributed by atoms with Crippen molar-refractivity contribution < 1.29 is 45.7 Å². The first-order valence-corrected chi connectivity index (χ1v) is 22.9. The van der Waals surface area contributed by atoms with Gasteiger partial charge in [-0.25, -0.2) is 19.6 Å². The van der Waals surface area contributed by atoms with Gasteiger partial charge in [0.25, 0.3) is 0 Å². The van der Waals surface area contributed by atoms with Crippen LogP contribution in [0.25, 0.3) is 22.5 Å². The predicted molar refractivity (Wildman–Crippen MR) is 246 cm³/mol. The fourth-order valence-electron chi connectivity index (χ4n) is 9.33. The Labute approximate surface area is 393 Å². The summed E-state index contributed by atoms with van der Waals surface area (Å²) in [6, 6.07) is 15.8. The minimum absolute atomic E-state index is 0. The third-order valence-corrected chi connectivity index (χ3v) is 13.0. The first kappa shape index (κ1) is 48.8. The molecule has 4 N–H and O–H groups in total. The van der Waals surface area contributed by atoms with Crippen LogP contribution in [0.1, 0.15) is 126 Å². The number of imidazole rings is 2. The Hall–Kier alpha value is -5.66. The number of benzene rings is 2. The summed E-state index contributed by atoms with van der Waals surface area (Å²) in [6.45, 7) is 8.96. The molecule has 14 nitrogen and oxygen atoms in total. The first-order chi connectivity index (χ1) is 30.9. The van der Waals surface area contributed by atoms with Gasteiger partial charge in [-0.3, -0.25) is 9.59 Å². The number of carbonyl (C=O) groups excluding carboxylic acids is 4. The topological polar surface area (TPSA) is 175 Å². The molecule has 4 heterocycles. The first-order valence-electron chi connectivity index (χ1n) is 22.9. The van der Waals surface area contributed by atoms with E-state index < -0.39 is 24.3 Å². The molecule has 2 aromatic carbocycles. The molecule has 8 rings (SSSR count). The SMILES string of the molecule is COC(=O)N[C@H](C(=O)N1CCC[C@H]1c1ncc(-c2ccc(C3C=CCC3)cc2)[nH]1)C(C)C.COC(=O)N[C@H](C(=O)N1CCC[C@H]1c1ncc(-c2ccc(C3C=CCC3)cc2)[nH]1)C(C)C.[Fe]. The van der Waals surface area contributed by atoms with Gasteiger partial charge in [0.15, 0.2) is 0 Å². The van der Waals surface area contributed by atoms with Crippen molar-refractivity contribution in [2.45, 2.75) is 115 Å². The maximum atomic E-state index is 13.3. The van der Waals surface area contributed by atoms with E-state index in [-0.39, 0.29) is 52.8 Å². The van der Waals surface area contributed by atoms with E-state index in [4.69, 9.17) is 9.47 Å². The molecule has 0 spiro atoms. The smallest absolute Gasteiger partial charge is 0.407 e. The third kappa shape index (κ3) is 11.6. The van der Waals surface area contributed by atoms with Crippen LogP contribution < -0.4 is 10.6 Å². The molecule has 348 valence electrons. The molecule has 2 aliphatic carbocycles. The number of alkyl carbamates (subject to hydrolysis) is 2. The maximum Gasteiger partial charge on any atom is 0.407 e. The van der Waals surface area contributed by atoms with E-state index in [9.17, 15) is 19.2 Å². The van der Waals surface area contributed by atoms with Gasteiger partial charge in [-0.15, -0.1) is 0 Å². The molecular weight excluding hydrogens is 864 g/mol. The van der Waals surface area contributed by atoms with E-state index in [1.54, 1.807) is 0 Å². The molecule has 2 aromatic heterocycles. The zero-order chi connectivity index (χ0) is 45.3. The number of rotatable bonds is 12. The fraction of sp³-hybridized carbons (Fsp3) is 0.480. The number of nitrogens with zero attached hydrogens (tertiary/aromatic N) is 4. The van der Waals surface area contributed by atoms with Gasteiger partial charge in [0.2, 0.25) is 11.8 Å². The van der Waals surface area contributed by atoms with Gasteiger partial charge in [0.05, 0.1) is 50.1 Å². The van der Waals surface area contributed by atoms with Crippen LogP contribution in [0.15, 0.2) is 85.2 Å². The van der Waals surface area contributed by atoms with Crippen LogP contribution in [0.2, 0.25) is 0 Å². The van der Waals surface area contributed by atoms with Crippen molar-refractivity contribution >= 4 is 24.0 Å². The molecule has 4 aliphatic rings. The van der Waals surface area contributed by atoms with Crippen molar-refractivity contribution in [1.82, 2.24) is 40.4 Å². The van der Waals surface area contributed by atoms with Crippen molar-refractivity contribution in [3.8, 4) is 22.5 Å². The van der Waals surface area contributed by atoms with Crippen molar-refractivity contribution in [2.75, 3.05) is 27.3 Å². The zero-order valence-corrected chi connectivity index (χ0v) is 39.5. The number of aromatic nitrogens is 4. The molecule has 15 heteroatoms. The largest absolute Gasteiger partial charge is 0.453 e. The van der Waals surface area contributed by atoms with Gasteiger partial charge in [0, 0.05) is 42.0 Å². The fourth-order valence-corrected chi connectivity index (χ4v) is 9.33. The number of carbonyl (C=O) groups is 4. The van der Waals surface area contributed by atoms with Gasteiger partial charge in [0.1, 0.15) is 23.7 Å². The van der Waals surface area contributed by atoms with E-state index in [2.05, 4.69) is 103 Å². The van der Waals surface area contributed by atoms with Gasteiger partial charge in [-0.05, 0) is 85.5 Å². The van der Waals surface area contributed by atoms with Crippen LogP contribution in [0, 0.1) is 11.8 Å². The summed E-state index contributed by atoms with van der Waals surface area (Å²) in [4.78, 5) is 69.8. The zero-order valence-electron chi connectivity index (χ0n) is 38.4. The Bertz CT molecular complexity index is 2130. The summed E-state index contributed by atoms with van der Waals surface area (Å²) >= 11 is 0. The molecule has 65 heavy (non-hydrogen) atoms. The van der Waals surface area contributed by atoms with Crippen LogP contribution in [-0.4, -0.2) is 93.1 Å². The number of aromatic amines is 2. The molecule has 4 amide bonds. The Morgan fingerprint density at radius 2 is 1.00 bits per heavy atom. The Morgan fingerprint density at radius 1 is 0.615 bits per heavy atom. The van der Waals surface area contributed by atoms with Gasteiger partial charge in [-0.1, -0.05) is 101 Å². The molecule has 0 saturated carbocycles. The number of nitrogens with one attached hydrogen (secondary N) is 4. The van der Waals surface area contributed by atoms with E-state index >= 15 is 0 Å². The predicted octanol–water partition coefficient (Wildman–Crippen LogP) is 9.11. The molecule has 2 saturated heterocycles. The summed E-state index contributed by atoms with van der Waals surface area (Å²) in [7, 11) is 2.61. The maximum absolute atomic E-state index is 13.3. The van der Waals surface area contributed by atoms with Crippen molar-refractivity contribution in [3.63, 3.8) is 0 Å². The molecule has 6 atom stereocenters. The van der Waals surface area contributed by atoms with Crippen LogP contribution in [0.5, 0.6) is 0 Å². The Balaban J connectivity index is 0.000000212. The number of hydrogen-bond donors (Lipinski definition) is 4. The standard InChI is InChI=1S/2C25H32N4O3.Fe/c2*1-16(2)22(28-25(31)32-3)24(30)29-14-6-9-21(29)23-26-15-20(27-23)19-12-10-18(11-13-19)17-7-4-5-8-17;/h2*4,7,10-13,15-17,21-22H,5-6,8-9,14H2,1-3H3,(H,26,27)(H,28,31);/t2*17?,21-,22-;/m00./s1. The molecule has 4 aromatic rings. The number of amides is 4. The monoisotopic (exact) mass is 928 g/mol. The Morgan fingerprint density at radius 3 is 1.32 bits per heavy atom. The number of hydrogen-bond acceptors (Lipinski definition) is 8. The summed E-state index contributed by atoms with van der Waals surface area (Å²) in [5.41, 5.74) is 6.73. The van der Waals surface area contributed by atoms with E-state index in [0.29, 0.717) is 24.9 Å².